The fourth-order valence-electron chi connectivity index (χ4n) is 3.08. The van der Waals surface area contributed by atoms with Gasteiger partial charge in [-0.2, -0.15) is 10.1 Å². The summed E-state index contributed by atoms with van der Waals surface area (Å²) in [6.07, 6.45) is -4.67. The number of fused-ring (bicyclic) bond motifs is 1. The molecule has 1 saturated heterocycles. The molecule has 2 N–H and O–H groups in total. The summed E-state index contributed by atoms with van der Waals surface area (Å²) in [5, 5.41) is 10.2. The van der Waals surface area contributed by atoms with E-state index in [1.54, 1.807) is 6.07 Å². The Morgan fingerprint density at radius 2 is 2.33 bits per heavy atom. The number of H-pyrrole nitrogens is 1. The van der Waals surface area contributed by atoms with Gasteiger partial charge < -0.3 is 15.0 Å². The summed E-state index contributed by atoms with van der Waals surface area (Å²) in [6.45, 7) is 0.833. The van der Waals surface area contributed by atoms with Crippen LogP contribution in [0.2, 0.25) is 0 Å². The summed E-state index contributed by atoms with van der Waals surface area (Å²) in [5.74, 6) is -1.04. The van der Waals surface area contributed by atoms with Crippen LogP contribution in [-0.2, 0) is 22.4 Å². The molecule has 0 amide bonds. The molecule has 1 fully saturated rings. The van der Waals surface area contributed by atoms with Crippen LogP contribution in [0.3, 0.4) is 0 Å². The number of anilines is 3. The lowest BCUT2D eigenvalue weighted by Crippen LogP contribution is -2.38. The van der Waals surface area contributed by atoms with Crippen molar-refractivity contribution in [3.63, 3.8) is 0 Å². The van der Waals surface area contributed by atoms with Gasteiger partial charge in [-0.1, -0.05) is 13.8 Å². The highest BCUT2D eigenvalue weighted by atomic mass is 16.5. The number of aromatic amines is 1. The molecule has 0 spiro atoms. The smallest absolute Gasteiger partial charge is 0.328 e. The number of nitrogens with one attached hydrogen (secondary N) is 2. The van der Waals surface area contributed by atoms with Gasteiger partial charge in [0.25, 0.3) is 0 Å². The molecule has 4 rings (SSSR count). The van der Waals surface area contributed by atoms with Gasteiger partial charge >= 0.3 is 5.97 Å². The first-order valence-electron chi connectivity index (χ1n) is 12.3. The lowest BCUT2D eigenvalue weighted by molar-refractivity contribution is -0.141. The lowest BCUT2D eigenvalue weighted by atomic mass is 10.1. The number of carbonyl (C=O) groups excluding carboxylic acids is 1. The topological polar surface area (TPSA) is 96.0 Å². The summed E-state index contributed by atoms with van der Waals surface area (Å²) in [5.41, 5.74) is 2.18. The molecular formula is C19H26N6O2. The Bertz CT molecular complexity index is 1140. The first kappa shape index (κ1) is 11.3. The van der Waals surface area contributed by atoms with E-state index in [1.807, 2.05) is 13.8 Å². The van der Waals surface area contributed by atoms with Crippen molar-refractivity contribution in [2.75, 3.05) is 23.8 Å². The maximum Gasteiger partial charge on any atom is 0.328 e. The fraction of sp³-hybridized carbons (Fsp3) is 0.579. The molecule has 2 aromatic heterocycles. The van der Waals surface area contributed by atoms with Crippen molar-refractivity contribution >= 4 is 23.6 Å². The molecule has 8 nitrogen and oxygen atoms in total. The van der Waals surface area contributed by atoms with E-state index in [0.29, 0.717) is 29.3 Å². The van der Waals surface area contributed by atoms with Crippen LogP contribution in [0.5, 0.6) is 0 Å². The molecule has 0 bridgehead atoms. The summed E-state index contributed by atoms with van der Waals surface area (Å²) in [4.78, 5) is 21.8. The van der Waals surface area contributed by atoms with Gasteiger partial charge in [0, 0.05) is 32.0 Å². The van der Waals surface area contributed by atoms with E-state index in [9.17, 15) is 4.79 Å². The SMILES string of the molecule is [2H]C1([2H])N(c2nc3c(c(Nc4cc(C(C)C)[nH]n4)n2)CCC3)C([2H])(C(=O)OC)C([2H])([2H])C1([2H])[2H]. The highest BCUT2D eigenvalue weighted by Gasteiger charge is 2.34. The van der Waals surface area contributed by atoms with Crippen LogP contribution in [0.15, 0.2) is 6.07 Å². The molecule has 27 heavy (non-hydrogen) atoms. The van der Waals surface area contributed by atoms with E-state index in [4.69, 9.17) is 9.60 Å². The molecule has 1 atom stereocenters. The third-order valence-electron chi connectivity index (χ3n) is 4.54. The van der Waals surface area contributed by atoms with E-state index >= 15 is 0 Å². The Kier molecular flexibility index (Phi) is 2.99. The van der Waals surface area contributed by atoms with E-state index in [2.05, 4.69) is 30.2 Å². The molecule has 2 aliphatic rings. The first-order valence-corrected chi connectivity index (χ1v) is 8.81. The Hall–Kier alpha value is -2.64. The summed E-state index contributed by atoms with van der Waals surface area (Å²) in [7, 11) is 0.927. The molecule has 2 aromatic rings. The number of hydrogen-bond acceptors (Lipinski definition) is 7. The predicted molar refractivity (Wildman–Crippen MR) is 102 cm³/mol. The number of aromatic nitrogens is 4. The normalized spacial score (nSPS) is 31.0. The van der Waals surface area contributed by atoms with Crippen molar-refractivity contribution in [3.8, 4) is 0 Å². The number of nitrogens with zero attached hydrogens (tertiary/aromatic N) is 4. The van der Waals surface area contributed by atoms with Crippen molar-refractivity contribution in [1.29, 1.82) is 0 Å². The zero-order valence-electron chi connectivity index (χ0n) is 22.4. The minimum Gasteiger partial charge on any atom is -0.467 e. The summed E-state index contributed by atoms with van der Waals surface area (Å²) in [6, 6.07) is -1.33. The highest BCUT2D eigenvalue weighted by molar-refractivity contribution is 5.80. The number of carbonyl (C=O) groups is 1. The van der Waals surface area contributed by atoms with Crippen molar-refractivity contribution in [3.05, 3.63) is 23.0 Å². The molecular weight excluding hydrogens is 344 g/mol. The number of rotatable bonds is 5. The molecule has 8 heteroatoms. The summed E-state index contributed by atoms with van der Waals surface area (Å²) < 4.78 is 63.1. The van der Waals surface area contributed by atoms with Gasteiger partial charge in [0.2, 0.25) is 5.95 Å². The monoisotopic (exact) mass is 377 g/mol. The van der Waals surface area contributed by atoms with Crippen molar-refractivity contribution < 1.29 is 19.1 Å². The van der Waals surface area contributed by atoms with Crippen molar-refractivity contribution in [2.45, 2.75) is 57.8 Å². The second kappa shape index (κ2) is 7.17. The van der Waals surface area contributed by atoms with E-state index < -0.39 is 37.2 Å². The van der Waals surface area contributed by atoms with Gasteiger partial charge in [-0.25, -0.2) is 9.78 Å². The van der Waals surface area contributed by atoms with Crippen LogP contribution in [0, 0.1) is 0 Å². The predicted octanol–water partition coefficient (Wildman–Crippen LogP) is 2.70. The minimum atomic E-state index is -3.30. The molecule has 144 valence electrons. The second-order valence-corrected chi connectivity index (χ2v) is 6.68. The largest absolute Gasteiger partial charge is 0.467 e. The van der Waals surface area contributed by atoms with Crippen LogP contribution < -0.4 is 10.2 Å². The fourth-order valence-corrected chi connectivity index (χ4v) is 3.08. The molecule has 0 radical (unpaired) electrons. The molecule has 1 aliphatic carbocycles. The van der Waals surface area contributed by atoms with Gasteiger partial charge in [0.15, 0.2) is 5.82 Å². The van der Waals surface area contributed by atoms with Crippen LogP contribution >= 0.6 is 0 Å². The number of ether oxygens (including phenoxy) is 1. The number of aryl methyl sites for hydroxylation is 1. The molecule has 0 saturated carbocycles. The molecule has 3 heterocycles. The van der Waals surface area contributed by atoms with Crippen molar-refractivity contribution in [2.24, 2.45) is 0 Å². The van der Waals surface area contributed by atoms with Gasteiger partial charge in [0.1, 0.15) is 11.8 Å². The third kappa shape index (κ3) is 3.36. The second-order valence-electron chi connectivity index (χ2n) is 6.68. The van der Waals surface area contributed by atoms with E-state index in [1.165, 1.54) is 0 Å². The van der Waals surface area contributed by atoms with Crippen molar-refractivity contribution in [1.82, 2.24) is 20.2 Å². The van der Waals surface area contributed by atoms with Gasteiger partial charge in [-0.3, -0.25) is 5.10 Å². The number of esters is 1. The molecule has 1 aliphatic heterocycles. The Balaban J connectivity index is 1.89. The van der Waals surface area contributed by atoms with Crippen LogP contribution in [0.25, 0.3) is 0 Å². The minimum absolute atomic E-state index is 0.194. The maximum absolute atomic E-state index is 12.7. The number of methoxy groups -OCH3 is 1. The Labute approximate surface area is 168 Å². The maximum atomic E-state index is 12.7. The van der Waals surface area contributed by atoms with E-state index in [0.717, 1.165) is 24.8 Å². The van der Waals surface area contributed by atoms with Gasteiger partial charge in [0.05, 0.1) is 14.2 Å². The zero-order valence-corrected chi connectivity index (χ0v) is 15.4. The third-order valence-corrected chi connectivity index (χ3v) is 4.54. The van der Waals surface area contributed by atoms with Crippen LogP contribution in [0.4, 0.5) is 17.6 Å². The van der Waals surface area contributed by atoms with Crippen LogP contribution in [-0.4, -0.2) is 45.8 Å². The van der Waals surface area contributed by atoms with Crippen LogP contribution in [0.1, 0.15) is 65.5 Å². The Morgan fingerprint density at radius 1 is 1.48 bits per heavy atom. The Morgan fingerprint density at radius 3 is 3.07 bits per heavy atom. The number of hydrogen-bond donors (Lipinski definition) is 2. The average molecular weight is 377 g/mol. The zero-order chi connectivity index (χ0) is 25.3. The highest BCUT2D eigenvalue weighted by Crippen LogP contribution is 2.32. The average Bonchev–Trinajstić information content (AvgIpc) is 3.43. The van der Waals surface area contributed by atoms with E-state index in [-0.39, 0.29) is 11.7 Å². The molecule has 1 unspecified atom stereocenters. The first-order chi connectivity index (χ1) is 15.7. The standard InChI is InChI=1S/C19H26N6O2/c1-11(2)14-10-16(24-23-14)21-17-12-6-4-7-13(12)20-19(22-17)25-9-5-8-15(25)18(26)27-3/h10-11,15H,4-9H2,1-3H3,(H2,20,21,22,23,24)/i5D2,8D2,9D2,15D. The van der Waals surface area contributed by atoms with Gasteiger partial charge in [-0.15, -0.1) is 0 Å². The van der Waals surface area contributed by atoms with Gasteiger partial charge in [-0.05, 0) is 37.9 Å². The summed E-state index contributed by atoms with van der Waals surface area (Å²) >= 11 is 0. The molecule has 0 aromatic carbocycles. The lowest BCUT2D eigenvalue weighted by Gasteiger charge is -2.24. The quantitative estimate of drug-likeness (QED) is 0.773.